The zero-order chi connectivity index (χ0) is 12.3. The minimum absolute atomic E-state index is 0.0176. The van der Waals surface area contributed by atoms with Crippen molar-refractivity contribution in [1.82, 2.24) is 10.3 Å². The van der Waals surface area contributed by atoms with Gasteiger partial charge in [0.25, 0.3) is 5.91 Å². The zero-order valence-electron chi connectivity index (χ0n) is 9.88. The Balaban J connectivity index is 1.91. The highest BCUT2D eigenvalue weighted by atomic mass is 79.9. The minimum Gasteiger partial charge on any atom is -0.356 e. The van der Waals surface area contributed by atoms with Gasteiger partial charge in [0.05, 0.1) is 0 Å². The van der Waals surface area contributed by atoms with Crippen molar-refractivity contribution in [1.29, 1.82) is 0 Å². The van der Waals surface area contributed by atoms with Crippen molar-refractivity contribution in [3.63, 3.8) is 0 Å². The van der Waals surface area contributed by atoms with E-state index in [9.17, 15) is 4.79 Å². The number of carbonyl (C=O) groups is 1. The van der Waals surface area contributed by atoms with Gasteiger partial charge in [0.1, 0.15) is 5.69 Å². The van der Waals surface area contributed by atoms with Crippen molar-refractivity contribution in [3.05, 3.63) is 22.4 Å². The molecule has 1 heterocycles. The Morgan fingerprint density at radius 2 is 2.29 bits per heavy atom. The number of thioether (sulfide) groups is 1. The molecule has 2 rings (SSSR count). The molecular formula is C12H17BrN2OS. The van der Waals surface area contributed by atoms with Crippen LogP contribution in [0.5, 0.6) is 0 Å². The molecule has 1 amide bonds. The van der Waals surface area contributed by atoms with Crippen molar-refractivity contribution in [2.75, 3.05) is 12.8 Å². The van der Waals surface area contributed by atoms with Crippen molar-refractivity contribution in [2.24, 2.45) is 0 Å². The van der Waals surface area contributed by atoms with Gasteiger partial charge in [-0.25, -0.2) is 0 Å². The second kappa shape index (κ2) is 5.48. The first-order chi connectivity index (χ1) is 8.15. The number of aromatic nitrogens is 1. The Morgan fingerprint density at radius 3 is 2.82 bits per heavy atom. The van der Waals surface area contributed by atoms with Gasteiger partial charge in [0.2, 0.25) is 0 Å². The Bertz CT molecular complexity index is 399. The summed E-state index contributed by atoms with van der Waals surface area (Å²) in [5.74, 6) is -0.0176. The molecule has 0 unspecified atom stereocenters. The lowest BCUT2D eigenvalue weighted by Gasteiger charge is -2.26. The molecule has 17 heavy (non-hydrogen) atoms. The average molecular weight is 317 g/mol. The van der Waals surface area contributed by atoms with Crippen LogP contribution in [0.25, 0.3) is 0 Å². The highest BCUT2D eigenvalue weighted by Gasteiger charge is 2.33. The van der Waals surface area contributed by atoms with Crippen LogP contribution in [0, 0.1) is 0 Å². The highest BCUT2D eigenvalue weighted by molar-refractivity contribution is 9.10. The molecule has 0 aliphatic heterocycles. The fourth-order valence-electron chi connectivity index (χ4n) is 2.31. The lowest BCUT2D eigenvalue weighted by molar-refractivity contribution is 0.0945. The normalized spacial score (nSPS) is 18.2. The highest BCUT2D eigenvalue weighted by Crippen LogP contribution is 2.39. The monoisotopic (exact) mass is 316 g/mol. The zero-order valence-corrected chi connectivity index (χ0v) is 12.3. The van der Waals surface area contributed by atoms with Gasteiger partial charge < -0.3 is 10.3 Å². The first-order valence-corrected chi connectivity index (χ1v) is 7.84. The average Bonchev–Trinajstić information content (AvgIpc) is 2.95. The summed E-state index contributed by atoms with van der Waals surface area (Å²) in [6.45, 7) is 0.767. The molecule has 0 saturated heterocycles. The number of halogens is 1. The van der Waals surface area contributed by atoms with Crippen molar-refractivity contribution < 1.29 is 4.79 Å². The van der Waals surface area contributed by atoms with Gasteiger partial charge in [-0.05, 0) is 41.1 Å². The summed E-state index contributed by atoms with van der Waals surface area (Å²) in [5, 5.41) is 3.03. The quantitative estimate of drug-likeness (QED) is 0.896. The van der Waals surface area contributed by atoms with Crippen LogP contribution in [0.1, 0.15) is 36.2 Å². The maximum atomic E-state index is 11.9. The maximum absolute atomic E-state index is 11.9. The number of aromatic amines is 1. The largest absolute Gasteiger partial charge is 0.356 e. The predicted octanol–water partition coefficient (Wildman–Crippen LogP) is 3.18. The fourth-order valence-corrected chi connectivity index (χ4v) is 3.56. The Morgan fingerprint density at radius 1 is 1.59 bits per heavy atom. The topological polar surface area (TPSA) is 44.9 Å². The summed E-state index contributed by atoms with van der Waals surface area (Å²) >= 11 is 5.21. The summed E-state index contributed by atoms with van der Waals surface area (Å²) in [5.41, 5.74) is 0.617. The van der Waals surface area contributed by atoms with Crippen LogP contribution >= 0.6 is 27.7 Å². The second-order valence-electron chi connectivity index (χ2n) is 4.51. The first-order valence-electron chi connectivity index (χ1n) is 5.82. The van der Waals surface area contributed by atoms with E-state index in [1.165, 1.54) is 25.7 Å². The third-order valence-corrected chi connectivity index (χ3v) is 5.29. The van der Waals surface area contributed by atoms with Gasteiger partial charge >= 0.3 is 0 Å². The van der Waals surface area contributed by atoms with Gasteiger partial charge in [-0.1, -0.05) is 12.8 Å². The predicted molar refractivity (Wildman–Crippen MR) is 75.5 cm³/mol. The molecule has 94 valence electrons. The molecule has 2 N–H and O–H groups in total. The third kappa shape index (κ3) is 3.07. The van der Waals surface area contributed by atoms with Crippen LogP contribution in [-0.4, -0.2) is 28.4 Å². The Labute approximate surface area is 114 Å². The number of amides is 1. The Kier molecular flexibility index (Phi) is 4.20. The molecule has 1 aliphatic rings. The van der Waals surface area contributed by atoms with E-state index in [1.54, 1.807) is 12.3 Å². The summed E-state index contributed by atoms with van der Waals surface area (Å²) in [6.07, 6.45) is 8.90. The van der Waals surface area contributed by atoms with E-state index in [0.717, 1.165) is 11.0 Å². The van der Waals surface area contributed by atoms with Crippen molar-refractivity contribution >= 4 is 33.6 Å². The second-order valence-corrected chi connectivity index (χ2v) is 6.70. The molecule has 1 aromatic heterocycles. The molecule has 3 nitrogen and oxygen atoms in total. The lowest BCUT2D eigenvalue weighted by atomic mass is 10.1. The van der Waals surface area contributed by atoms with Crippen molar-refractivity contribution in [3.8, 4) is 0 Å². The molecule has 0 aromatic carbocycles. The molecule has 1 aliphatic carbocycles. The van der Waals surface area contributed by atoms with Crippen LogP contribution in [0.2, 0.25) is 0 Å². The van der Waals surface area contributed by atoms with Gasteiger partial charge in [-0.2, -0.15) is 11.8 Å². The van der Waals surface area contributed by atoms with E-state index >= 15 is 0 Å². The van der Waals surface area contributed by atoms with Crippen LogP contribution in [0.15, 0.2) is 16.7 Å². The fraction of sp³-hybridized carbons (Fsp3) is 0.583. The molecular weight excluding hydrogens is 300 g/mol. The van der Waals surface area contributed by atoms with Crippen LogP contribution in [0.3, 0.4) is 0 Å². The van der Waals surface area contributed by atoms with Crippen LogP contribution in [-0.2, 0) is 0 Å². The molecule has 0 bridgehead atoms. The number of H-pyrrole nitrogens is 1. The van der Waals surface area contributed by atoms with E-state index in [-0.39, 0.29) is 10.7 Å². The lowest BCUT2D eigenvalue weighted by Crippen LogP contribution is -2.38. The van der Waals surface area contributed by atoms with E-state index < -0.39 is 0 Å². The molecule has 0 spiro atoms. The number of nitrogens with one attached hydrogen (secondary N) is 2. The first kappa shape index (κ1) is 13.0. The molecule has 0 radical (unpaired) electrons. The molecule has 1 fully saturated rings. The number of hydrogen-bond donors (Lipinski definition) is 2. The minimum atomic E-state index is -0.0176. The van der Waals surface area contributed by atoms with Gasteiger partial charge in [-0.15, -0.1) is 0 Å². The number of carbonyl (C=O) groups excluding carboxylic acids is 1. The summed E-state index contributed by atoms with van der Waals surface area (Å²) < 4.78 is 1.17. The van der Waals surface area contributed by atoms with Crippen molar-refractivity contribution in [2.45, 2.75) is 30.4 Å². The third-order valence-electron chi connectivity index (χ3n) is 3.41. The van der Waals surface area contributed by atoms with Gasteiger partial charge in [0.15, 0.2) is 0 Å². The molecule has 1 aromatic rings. The van der Waals surface area contributed by atoms with E-state index in [1.807, 2.05) is 11.8 Å². The van der Waals surface area contributed by atoms with E-state index in [0.29, 0.717) is 5.69 Å². The van der Waals surface area contributed by atoms with Gasteiger partial charge in [-0.3, -0.25) is 4.79 Å². The van der Waals surface area contributed by atoms with Gasteiger partial charge in [0, 0.05) is 22.0 Å². The molecule has 1 saturated carbocycles. The van der Waals surface area contributed by atoms with Crippen LogP contribution in [0.4, 0.5) is 0 Å². The van der Waals surface area contributed by atoms with Crippen LogP contribution < -0.4 is 5.32 Å². The summed E-state index contributed by atoms with van der Waals surface area (Å²) in [6, 6.07) is 1.80. The van der Waals surface area contributed by atoms with E-state index in [4.69, 9.17) is 0 Å². The van der Waals surface area contributed by atoms with E-state index in [2.05, 4.69) is 32.5 Å². The summed E-state index contributed by atoms with van der Waals surface area (Å²) in [7, 11) is 0. The molecule has 0 atom stereocenters. The Hall–Kier alpha value is -0.420. The standard InChI is InChI=1S/C12H17BrN2OS/c1-17-12(4-2-3-5-12)8-15-11(16)10-6-9(13)7-14-10/h6-7,14H,2-5,8H2,1H3,(H,15,16). The smallest absolute Gasteiger partial charge is 0.267 e. The summed E-state index contributed by atoms with van der Waals surface area (Å²) in [4.78, 5) is 14.8. The SMILES string of the molecule is CSC1(CNC(=O)c2cc(Br)c[nH]2)CCCC1. The molecule has 5 heteroatoms. The maximum Gasteiger partial charge on any atom is 0.267 e. The number of hydrogen-bond acceptors (Lipinski definition) is 2. The number of rotatable bonds is 4.